The minimum absolute atomic E-state index is 0.241. The van der Waals surface area contributed by atoms with Gasteiger partial charge in [-0.2, -0.15) is 5.10 Å². The fraction of sp³-hybridized carbons (Fsp3) is 0.0800. The number of aromatic nitrogens is 4. The molecule has 162 valence electrons. The standard InChI is InChI=1S/C25H19FN6O/c26-20-10-5-4-9-18(20)16-32-23(21-11-6-12-27-21)13-22(31-32)24-28-14-19(15-29-24)30-25(33)17-7-2-1-3-8-17/h1-10,12-15H,11,16H2,(H,30,33). The van der Waals surface area contributed by atoms with Crippen molar-refractivity contribution in [3.8, 4) is 11.5 Å². The number of aliphatic imine (C=N–C) groups is 1. The average Bonchev–Trinajstić information content (AvgIpc) is 3.52. The molecule has 33 heavy (non-hydrogen) atoms. The molecule has 1 aliphatic rings. The molecule has 1 aliphatic heterocycles. The third kappa shape index (κ3) is 4.45. The van der Waals surface area contributed by atoms with Gasteiger partial charge in [-0.1, -0.05) is 42.5 Å². The number of carbonyl (C=O) groups excluding carboxylic acids is 1. The van der Waals surface area contributed by atoms with Gasteiger partial charge in [-0.15, -0.1) is 0 Å². The number of hydrogen-bond acceptors (Lipinski definition) is 5. The van der Waals surface area contributed by atoms with E-state index in [1.165, 1.54) is 18.5 Å². The van der Waals surface area contributed by atoms with E-state index in [0.717, 1.165) is 11.4 Å². The lowest BCUT2D eigenvalue weighted by Crippen LogP contribution is -2.12. The maximum absolute atomic E-state index is 14.2. The van der Waals surface area contributed by atoms with Gasteiger partial charge in [0.2, 0.25) is 0 Å². The Bertz CT molecular complexity index is 1360. The summed E-state index contributed by atoms with van der Waals surface area (Å²) in [6, 6.07) is 17.4. The number of benzene rings is 2. The zero-order valence-electron chi connectivity index (χ0n) is 17.5. The third-order valence-electron chi connectivity index (χ3n) is 5.18. The smallest absolute Gasteiger partial charge is 0.255 e. The lowest BCUT2D eigenvalue weighted by molar-refractivity contribution is 0.102. The van der Waals surface area contributed by atoms with Gasteiger partial charge in [-0.05, 0) is 24.3 Å². The van der Waals surface area contributed by atoms with Crippen LogP contribution in [0.15, 0.2) is 90.3 Å². The molecule has 0 saturated carbocycles. The van der Waals surface area contributed by atoms with Crippen LogP contribution in [-0.4, -0.2) is 31.4 Å². The van der Waals surface area contributed by atoms with Crippen LogP contribution in [0.3, 0.4) is 0 Å². The summed E-state index contributed by atoms with van der Waals surface area (Å²) in [5.74, 6) is -0.135. The summed E-state index contributed by atoms with van der Waals surface area (Å²) in [7, 11) is 0. The Morgan fingerprint density at radius 1 is 1.03 bits per heavy atom. The summed E-state index contributed by atoms with van der Waals surface area (Å²) in [4.78, 5) is 25.5. The van der Waals surface area contributed by atoms with Crippen molar-refractivity contribution in [2.75, 3.05) is 5.32 Å². The van der Waals surface area contributed by atoms with Crippen molar-refractivity contribution in [1.29, 1.82) is 0 Å². The van der Waals surface area contributed by atoms with Gasteiger partial charge in [-0.3, -0.25) is 14.5 Å². The molecule has 0 atom stereocenters. The number of rotatable bonds is 6. The van der Waals surface area contributed by atoms with E-state index >= 15 is 0 Å². The summed E-state index contributed by atoms with van der Waals surface area (Å²) in [5, 5.41) is 7.41. The molecule has 4 aromatic rings. The van der Waals surface area contributed by atoms with Crippen LogP contribution in [-0.2, 0) is 6.54 Å². The van der Waals surface area contributed by atoms with Crippen LogP contribution in [0.4, 0.5) is 10.1 Å². The fourth-order valence-electron chi connectivity index (χ4n) is 3.51. The van der Waals surface area contributed by atoms with Crippen LogP contribution < -0.4 is 5.32 Å². The molecule has 2 aromatic carbocycles. The van der Waals surface area contributed by atoms with E-state index in [2.05, 4.69) is 25.4 Å². The Balaban J connectivity index is 1.41. The number of halogens is 1. The van der Waals surface area contributed by atoms with Crippen molar-refractivity contribution in [1.82, 2.24) is 19.7 Å². The first-order valence-electron chi connectivity index (χ1n) is 10.4. The summed E-state index contributed by atoms with van der Waals surface area (Å²) in [6.45, 7) is 0.256. The van der Waals surface area contributed by atoms with E-state index < -0.39 is 0 Å². The minimum atomic E-state index is -0.290. The van der Waals surface area contributed by atoms with E-state index in [-0.39, 0.29) is 18.3 Å². The highest BCUT2D eigenvalue weighted by molar-refractivity contribution is 6.04. The summed E-state index contributed by atoms with van der Waals surface area (Å²) < 4.78 is 16.0. The molecule has 0 unspecified atom stereocenters. The van der Waals surface area contributed by atoms with Crippen LogP contribution >= 0.6 is 0 Å². The summed E-state index contributed by atoms with van der Waals surface area (Å²) in [5.41, 5.74) is 3.71. The zero-order valence-corrected chi connectivity index (χ0v) is 17.5. The number of carbonyl (C=O) groups is 1. The SMILES string of the molecule is O=C(Nc1cnc(-c2cc(C3=NC=CC3)n(Cc3ccccc3F)n2)nc1)c1ccccc1. The molecule has 0 saturated heterocycles. The maximum atomic E-state index is 14.2. The molecule has 8 heteroatoms. The van der Waals surface area contributed by atoms with E-state index in [4.69, 9.17) is 0 Å². The van der Waals surface area contributed by atoms with Crippen LogP contribution in [0.25, 0.3) is 11.5 Å². The molecule has 5 rings (SSSR count). The Morgan fingerprint density at radius 3 is 2.52 bits per heavy atom. The molecule has 0 aliphatic carbocycles. The van der Waals surface area contributed by atoms with Gasteiger partial charge >= 0.3 is 0 Å². The van der Waals surface area contributed by atoms with Crippen LogP contribution in [0.5, 0.6) is 0 Å². The first-order chi connectivity index (χ1) is 16.2. The summed E-state index contributed by atoms with van der Waals surface area (Å²) in [6.07, 6.45) is 7.45. The highest BCUT2D eigenvalue weighted by Gasteiger charge is 2.18. The van der Waals surface area contributed by atoms with Gasteiger partial charge in [0.05, 0.1) is 36.0 Å². The van der Waals surface area contributed by atoms with Crippen molar-refractivity contribution < 1.29 is 9.18 Å². The molecule has 0 fully saturated rings. The predicted molar refractivity (Wildman–Crippen MR) is 123 cm³/mol. The molecule has 0 spiro atoms. The molecule has 3 heterocycles. The van der Waals surface area contributed by atoms with Gasteiger partial charge in [0.25, 0.3) is 5.91 Å². The molecule has 2 aromatic heterocycles. The molecule has 1 N–H and O–H groups in total. The second kappa shape index (κ2) is 8.96. The van der Waals surface area contributed by atoms with Gasteiger partial charge in [0.1, 0.15) is 11.5 Å². The monoisotopic (exact) mass is 438 g/mol. The van der Waals surface area contributed by atoms with Crippen molar-refractivity contribution >= 4 is 17.3 Å². The number of anilines is 1. The van der Waals surface area contributed by atoms with Gasteiger partial charge in [0, 0.05) is 23.7 Å². The number of allylic oxidation sites excluding steroid dienone is 1. The molecule has 0 radical (unpaired) electrons. The number of amides is 1. The first kappa shape index (κ1) is 20.4. The minimum Gasteiger partial charge on any atom is -0.319 e. The van der Waals surface area contributed by atoms with Gasteiger partial charge in [0.15, 0.2) is 5.82 Å². The van der Waals surface area contributed by atoms with E-state index in [9.17, 15) is 9.18 Å². The molecular formula is C25H19FN6O. The Hall–Kier alpha value is -4.46. The normalized spacial score (nSPS) is 12.6. The maximum Gasteiger partial charge on any atom is 0.255 e. The molecule has 1 amide bonds. The highest BCUT2D eigenvalue weighted by atomic mass is 19.1. The fourth-order valence-corrected chi connectivity index (χ4v) is 3.51. The molecular weight excluding hydrogens is 419 g/mol. The van der Waals surface area contributed by atoms with Gasteiger partial charge in [-0.25, -0.2) is 14.4 Å². The highest BCUT2D eigenvalue weighted by Crippen LogP contribution is 2.21. The van der Waals surface area contributed by atoms with Crippen LogP contribution in [0, 0.1) is 5.82 Å². The number of nitrogens with one attached hydrogen (secondary N) is 1. The van der Waals surface area contributed by atoms with E-state index in [1.54, 1.807) is 53.3 Å². The van der Waals surface area contributed by atoms with Crippen molar-refractivity contribution in [3.63, 3.8) is 0 Å². The Kier molecular flexibility index (Phi) is 5.55. The Morgan fingerprint density at radius 2 is 1.79 bits per heavy atom. The number of hydrogen-bond donors (Lipinski definition) is 1. The number of nitrogens with zero attached hydrogens (tertiary/aromatic N) is 5. The zero-order chi connectivity index (χ0) is 22.6. The summed E-state index contributed by atoms with van der Waals surface area (Å²) >= 11 is 0. The topological polar surface area (TPSA) is 85.1 Å². The molecule has 7 nitrogen and oxygen atoms in total. The van der Waals surface area contributed by atoms with Crippen LogP contribution in [0.1, 0.15) is 28.0 Å². The molecule has 0 bridgehead atoms. The second-order valence-electron chi connectivity index (χ2n) is 7.44. The van der Waals surface area contributed by atoms with Crippen molar-refractivity contribution in [2.24, 2.45) is 4.99 Å². The Labute approximate surface area is 189 Å². The predicted octanol–water partition coefficient (Wildman–Crippen LogP) is 4.49. The largest absolute Gasteiger partial charge is 0.319 e. The quantitative estimate of drug-likeness (QED) is 0.481. The van der Waals surface area contributed by atoms with E-state index in [0.29, 0.717) is 34.8 Å². The second-order valence-corrected chi connectivity index (χ2v) is 7.44. The van der Waals surface area contributed by atoms with Gasteiger partial charge < -0.3 is 5.32 Å². The van der Waals surface area contributed by atoms with E-state index in [1.807, 2.05) is 18.2 Å². The lowest BCUT2D eigenvalue weighted by Gasteiger charge is -2.08. The lowest BCUT2D eigenvalue weighted by atomic mass is 10.1. The van der Waals surface area contributed by atoms with Crippen molar-refractivity contribution in [3.05, 3.63) is 108 Å². The van der Waals surface area contributed by atoms with Crippen molar-refractivity contribution in [2.45, 2.75) is 13.0 Å². The average molecular weight is 438 g/mol. The first-order valence-corrected chi connectivity index (χ1v) is 10.4. The third-order valence-corrected chi connectivity index (χ3v) is 5.18. The van der Waals surface area contributed by atoms with Crippen LogP contribution in [0.2, 0.25) is 0 Å².